The number of sulfonamides is 1. The number of ether oxygens (including phenoxy) is 1. The fourth-order valence-electron chi connectivity index (χ4n) is 1.97. The summed E-state index contributed by atoms with van der Waals surface area (Å²) in [5.41, 5.74) is 0.847. The van der Waals surface area contributed by atoms with Crippen LogP contribution in [0.4, 0.5) is 14.5 Å². The van der Waals surface area contributed by atoms with Crippen molar-refractivity contribution in [1.82, 2.24) is 0 Å². The highest BCUT2D eigenvalue weighted by Gasteiger charge is 2.15. The number of carbonyl (C=O) groups excluding carboxylic acids is 1. The largest absolute Gasteiger partial charge is 0.435 e. The molecule has 0 saturated carbocycles. The second-order valence-corrected chi connectivity index (χ2v) is 6.41. The molecule has 2 aromatic carbocycles. The van der Waals surface area contributed by atoms with Crippen molar-refractivity contribution < 1.29 is 26.7 Å². The van der Waals surface area contributed by atoms with Crippen LogP contribution in [0.3, 0.4) is 0 Å². The highest BCUT2D eigenvalue weighted by atomic mass is 32.2. The lowest BCUT2D eigenvalue weighted by Gasteiger charge is -2.09. The highest BCUT2D eigenvalue weighted by Crippen LogP contribution is 2.20. The monoisotopic (exact) mass is 356 g/mol. The standard InChI is InChI=1S/C15H14F2N2O4S/c1-9-2-3-10(8-13(9)24(18,21)22)14(20)19-11-4-6-12(7-5-11)23-15(16)17/h2-8,15H,1H3,(H,19,20)(H2,18,21,22). The molecule has 128 valence electrons. The number of carbonyl (C=O) groups is 1. The summed E-state index contributed by atoms with van der Waals surface area (Å²) in [6.45, 7) is -1.38. The molecule has 0 saturated heterocycles. The van der Waals surface area contributed by atoms with E-state index in [9.17, 15) is 22.0 Å². The van der Waals surface area contributed by atoms with Crippen LogP contribution < -0.4 is 15.2 Å². The van der Waals surface area contributed by atoms with E-state index in [0.717, 1.165) is 0 Å². The first kappa shape index (κ1) is 17.8. The van der Waals surface area contributed by atoms with Crippen LogP contribution in [0.15, 0.2) is 47.4 Å². The Balaban J connectivity index is 2.18. The Labute approximate surface area is 137 Å². The average Bonchev–Trinajstić information content (AvgIpc) is 2.48. The van der Waals surface area contributed by atoms with Crippen LogP contribution in [0.1, 0.15) is 15.9 Å². The maximum atomic E-state index is 12.2. The second kappa shape index (κ2) is 6.93. The van der Waals surface area contributed by atoms with E-state index in [2.05, 4.69) is 10.1 Å². The van der Waals surface area contributed by atoms with Gasteiger partial charge in [0.2, 0.25) is 10.0 Å². The Morgan fingerprint density at radius 2 is 1.79 bits per heavy atom. The minimum atomic E-state index is -3.95. The summed E-state index contributed by atoms with van der Waals surface area (Å²) in [6, 6.07) is 9.39. The molecule has 1 amide bonds. The van der Waals surface area contributed by atoms with Gasteiger partial charge in [-0.05, 0) is 48.9 Å². The SMILES string of the molecule is Cc1ccc(C(=O)Nc2ccc(OC(F)F)cc2)cc1S(N)(=O)=O. The molecule has 0 atom stereocenters. The molecule has 0 spiro atoms. The lowest BCUT2D eigenvalue weighted by molar-refractivity contribution is -0.0498. The number of hydrogen-bond acceptors (Lipinski definition) is 4. The van der Waals surface area contributed by atoms with E-state index in [-0.39, 0.29) is 16.2 Å². The molecule has 24 heavy (non-hydrogen) atoms. The first-order chi connectivity index (χ1) is 11.2. The number of hydrogen-bond donors (Lipinski definition) is 2. The Bertz CT molecular complexity index is 852. The first-order valence-corrected chi connectivity index (χ1v) is 8.21. The summed E-state index contributed by atoms with van der Waals surface area (Å²) in [5, 5.41) is 7.62. The van der Waals surface area contributed by atoms with Crippen molar-refractivity contribution in [3.05, 3.63) is 53.6 Å². The van der Waals surface area contributed by atoms with Crippen LogP contribution in [0.25, 0.3) is 0 Å². The summed E-state index contributed by atoms with van der Waals surface area (Å²) in [4.78, 5) is 12.0. The van der Waals surface area contributed by atoms with Crippen LogP contribution in [-0.2, 0) is 10.0 Å². The van der Waals surface area contributed by atoms with E-state index in [1.807, 2.05) is 0 Å². The molecule has 0 heterocycles. The maximum Gasteiger partial charge on any atom is 0.387 e. The molecule has 0 aliphatic heterocycles. The van der Waals surface area contributed by atoms with Gasteiger partial charge in [-0.3, -0.25) is 4.79 Å². The quantitative estimate of drug-likeness (QED) is 0.860. The van der Waals surface area contributed by atoms with Crippen molar-refractivity contribution in [2.24, 2.45) is 5.14 Å². The minimum absolute atomic E-state index is 0.0464. The molecule has 0 fully saturated rings. The molecule has 0 radical (unpaired) electrons. The average molecular weight is 356 g/mol. The summed E-state index contributed by atoms with van der Waals surface area (Å²) < 4.78 is 51.3. The van der Waals surface area contributed by atoms with E-state index >= 15 is 0 Å². The zero-order valence-electron chi connectivity index (χ0n) is 12.5. The van der Waals surface area contributed by atoms with Gasteiger partial charge in [0.1, 0.15) is 5.75 Å². The number of halogens is 2. The van der Waals surface area contributed by atoms with Crippen molar-refractivity contribution in [3.63, 3.8) is 0 Å². The number of nitrogens with one attached hydrogen (secondary N) is 1. The van der Waals surface area contributed by atoms with Gasteiger partial charge < -0.3 is 10.1 Å². The molecule has 0 aliphatic carbocycles. The lowest BCUT2D eigenvalue weighted by atomic mass is 10.1. The van der Waals surface area contributed by atoms with E-state index < -0.39 is 22.5 Å². The molecule has 0 bridgehead atoms. The van der Waals surface area contributed by atoms with E-state index in [0.29, 0.717) is 11.3 Å². The third kappa shape index (κ3) is 4.49. The molecule has 2 aromatic rings. The van der Waals surface area contributed by atoms with Gasteiger partial charge in [-0.1, -0.05) is 6.07 Å². The van der Waals surface area contributed by atoms with Crippen molar-refractivity contribution in [1.29, 1.82) is 0 Å². The van der Waals surface area contributed by atoms with E-state index in [4.69, 9.17) is 5.14 Å². The maximum absolute atomic E-state index is 12.2. The molecular formula is C15H14F2N2O4S. The zero-order chi connectivity index (χ0) is 17.9. The number of alkyl halides is 2. The Hall–Kier alpha value is -2.52. The molecule has 2 rings (SSSR count). The van der Waals surface area contributed by atoms with Gasteiger partial charge in [-0.15, -0.1) is 0 Å². The van der Waals surface area contributed by atoms with Gasteiger partial charge in [-0.25, -0.2) is 13.6 Å². The number of aryl methyl sites for hydroxylation is 1. The van der Waals surface area contributed by atoms with Gasteiger partial charge in [0, 0.05) is 11.3 Å². The van der Waals surface area contributed by atoms with Gasteiger partial charge in [-0.2, -0.15) is 8.78 Å². The number of rotatable bonds is 5. The van der Waals surface area contributed by atoms with Gasteiger partial charge in [0.25, 0.3) is 5.91 Å². The summed E-state index contributed by atoms with van der Waals surface area (Å²) in [5.74, 6) is -0.614. The van der Waals surface area contributed by atoms with Crippen molar-refractivity contribution in [2.45, 2.75) is 18.4 Å². The second-order valence-electron chi connectivity index (χ2n) is 4.88. The topological polar surface area (TPSA) is 98.5 Å². The smallest absolute Gasteiger partial charge is 0.387 e. The van der Waals surface area contributed by atoms with Crippen LogP contribution in [0.2, 0.25) is 0 Å². The van der Waals surface area contributed by atoms with Crippen LogP contribution in [0, 0.1) is 6.92 Å². The third-order valence-electron chi connectivity index (χ3n) is 3.09. The summed E-state index contributed by atoms with van der Waals surface area (Å²) in [7, 11) is -3.95. The number of amides is 1. The molecular weight excluding hydrogens is 342 g/mol. The normalized spacial score (nSPS) is 11.4. The third-order valence-corrected chi connectivity index (χ3v) is 4.15. The van der Waals surface area contributed by atoms with Crippen LogP contribution in [-0.4, -0.2) is 20.9 Å². The summed E-state index contributed by atoms with van der Waals surface area (Å²) >= 11 is 0. The van der Waals surface area contributed by atoms with Gasteiger partial charge >= 0.3 is 6.61 Å². The Kier molecular flexibility index (Phi) is 5.15. The van der Waals surface area contributed by atoms with Crippen LogP contribution >= 0.6 is 0 Å². The molecule has 0 unspecified atom stereocenters. The highest BCUT2D eigenvalue weighted by molar-refractivity contribution is 7.89. The number of anilines is 1. The molecule has 0 aromatic heterocycles. The van der Waals surface area contributed by atoms with Gasteiger partial charge in [0.05, 0.1) is 4.90 Å². The summed E-state index contributed by atoms with van der Waals surface area (Å²) in [6.07, 6.45) is 0. The predicted molar refractivity (Wildman–Crippen MR) is 83.6 cm³/mol. The van der Waals surface area contributed by atoms with Gasteiger partial charge in [0.15, 0.2) is 0 Å². The molecule has 9 heteroatoms. The van der Waals surface area contributed by atoms with Crippen molar-refractivity contribution in [2.75, 3.05) is 5.32 Å². The lowest BCUT2D eigenvalue weighted by Crippen LogP contribution is -2.17. The van der Waals surface area contributed by atoms with E-state index in [1.54, 1.807) is 6.92 Å². The van der Waals surface area contributed by atoms with E-state index in [1.165, 1.54) is 42.5 Å². The number of benzene rings is 2. The van der Waals surface area contributed by atoms with Crippen molar-refractivity contribution >= 4 is 21.6 Å². The van der Waals surface area contributed by atoms with Crippen molar-refractivity contribution in [3.8, 4) is 5.75 Å². The fourth-order valence-corrected chi connectivity index (χ4v) is 2.78. The molecule has 3 N–H and O–H groups in total. The zero-order valence-corrected chi connectivity index (χ0v) is 13.3. The Morgan fingerprint density at radius 3 is 2.33 bits per heavy atom. The molecule has 0 aliphatic rings. The minimum Gasteiger partial charge on any atom is -0.435 e. The Morgan fingerprint density at radius 1 is 1.17 bits per heavy atom. The number of nitrogens with two attached hydrogens (primary N) is 1. The molecule has 6 nitrogen and oxygen atoms in total. The first-order valence-electron chi connectivity index (χ1n) is 6.66. The number of primary sulfonamides is 1. The van der Waals surface area contributed by atoms with Crippen LogP contribution in [0.5, 0.6) is 5.75 Å². The predicted octanol–water partition coefficient (Wildman–Crippen LogP) is 2.50. The fraction of sp³-hybridized carbons (Fsp3) is 0.133.